The van der Waals surface area contributed by atoms with Gasteiger partial charge in [-0.05, 0) is 0 Å². The van der Waals surface area contributed by atoms with Crippen LogP contribution in [0.25, 0.3) is 5.53 Å². The number of hydrazone groups is 1. The second-order valence-electron chi connectivity index (χ2n) is 0.529. The molecule has 0 fully saturated rings. The molecule has 6 heavy (non-hydrogen) atoms. The van der Waals surface area contributed by atoms with Gasteiger partial charge in [0.1, 0.15) is 6.34 Å². The minimum Gasteiger partial charge on any atom is -0.362 e. The first-order valence-electron chi connectivity index (χ1n) is 1.29. The number of nitrogens with one attached hydrogen (secondary N) is 1. The van der Waals surface area contributed by atoms with E-state index < -0.39 is 0 Å². The van der Waals surface area contributed by atoms with Crippen LogP contribution < -0.4 is 5.43 Å². The molecule has 1 N–H and O–H groups in total. The maximum Gasteiger partial charge on any atom is 0.245 e. The number of rotatable bonds is 0. The molecule has 0 spiro atoms. The van der Waals surface area contributed by atoms with Gasteiger partial charge in [0, 0.05) is 0 Å². The van der Waals surface area contributed by atoms with Crippen LogP contribution in [0.2, 0.25) is 0 Å². The fourth-order valence-corrected chi connectivity index (χ4v) is 0. The van der Waals surface area contributed by atoms with Gasteiger partial charge in [0.2, 0.25) is 6.72 Å². The first kappa shape index (κ1) is 4.85. The molecule has 0 saturated carbocycles. The Bertz CT molecular complexity index is 73.5. The maximum atomic E-state index is 7.08. The normalized spacial score (nSPS) is 9.33. The summed E-state index contributed by atoms with van der Waals surface area (Å²) >= 11 is 0. The summed E-state index contributed by atoms with van der Waals surface area (Å²) in [5.41, 5.74) is 9.58. The van der Waals surface area contributed by atoms with Gasteiger partial charge < -0.3 is 5.53 Å². The van der Waals surface area contributed by atoms with Crippen molar-refractivity contribution >= 4 is 13.1 Å². The summed E-state index contributed by atoms with van der Waals surface area (Å²) in [5, 5.41) is 3.38. The molecular weight excluding hydrogens is 80.1 g/mol. The topological polar surface area (TPSA) is 70.7 Å². The molecule has 0 aromatic heterocycles. The lowest BCUT2D eigenvalue weighted by atomic mass is 11.6. The molecule has 0 aromatic carbocycles. The lowest BCUT2D eigenvalue weighted by Gasteiger charge is -1.29. The summed E-state index contributed by atoms with van der Waals surface area (Å²) in [4.78, 5) is 2.25. The summed E-state index contributed by atoms with van der Waals surface area (Å²) in [6.07, 6.45) is 1.62. The van der Waals surface area contributed by atoms with E-state index in [4.69, 9.17) is 5.53 Å². The molecule has 0 bridgehead atoms. The van der Waals surface area contributed by atoms with E-state index in [2.05, 4.69) is 22.0 Å². The maximum absolute atomic E-state index is 7.08. The van der Waals surface area contributed by atoms with Crippen LogP contribution in [0.3, 0.4) is 0 Å². The van der Waals surface area contributed by atoms with Gasteiger partial charge in [-0.1, -0.05) is 0 Å². The Hall–Kier alpha value is -1.15. The van der Waals surface area contributed by atoms with Crippen LogP contribution in [-0.2, 0) is 0 Å². The molecule has 0 atom stereocenters. The van der Waals surface area contributed by atoms with Crippen LogP contribution >= 0.6 is 0 Å². The van der Waals surface area contributed by atoms with E-state index in [1.165, 1.54) is 0 Å². The Labute approximate surface area is 35.1 Å². The first-order valence-corrected chi connectivity index (χ1v) is 1.29. The van der Waals surface area contributed by atoms with Crippen LogP contribution in [0.5, 0.6) is 0 Å². The number of nitrogens with zero attached hydrogens (tertiary/aromatic N) is 3. The Morgan fingerprint density at radius 1 is 2.00 bits per heavy atom. The highest BCUT2D eigenvalue weighted by atomic mass is 15.4. The van der Waals surface area contributed by atoms with Gasteiger partial charge in [0.05, 0.1) is 0 Å². The van der Waals surface area contributed by atoms with Gasteiger partial charge in [-0.3, -0.25) is 5.43 Å². The van der Waals surface area contributed by atoms with Gasteiger partial charge in [-0.2, -0.15) is 9.89 Å². The molecule has 0 unspecified atom stereocenters. The Kier molecular flexibility index (Phi) is 3.11. The summed E-state index contributed by atoms with van der Waals surface area (Å²) in [5.74, 6) is 0. The Balaban J connectivity index is 0.0000000833. The van der Waals surface area contributed by atoms with E-state index in [-0.39, 0.29) is 0 Å². The highest BCUT2D eigenvalue weighted by Gasteiger charge is 1.71. The molecule has 0 saturated heterocycles. The van der Waals surface area contributed by atoms with Gasteiger partial charge in [0.25, 0.3) is 0 Å². The molecule has 4 nitrogen and oxygen atoms in total. The Morgan fingerprint density at radius 2 is 2.17 bits per heavy atom. The minimum absolute atomic E-state index is 1.62. The second kappa shape index (κ2) is 3.85. The Morgan fingerprint density at radius 3 is 2.17 bits per heavy atom. The predicted molar refractivity (Wildman–Crippen MR) is 22.4 cm³/mol. The fraction of sp³-hybridized carbons (Fsp3) is 0. The van der Waals surface area contributed by atoms with Crippen molar-refractivity contribution in [3.63, 3.8) is 0 Å². The molecule has 0 amide bonds. The van der Waals surface area contributed by atoms with Crippen molar-refractivity contribution in [3.8, 4) is 0 Å². The quantitative estimate of drug-likeness (QED) is 0.239. The average molecular weight is 84.1 g/mol. The molecule has 32 valence electrons. The van der Waals surface area contributed by atoms with Crippen molar-refractivity contribution in [3.05, 3.63) is 5.53 Å². The third-order valence-corrected chi connectivity index (χ3v) is 0.129. The van der Waals surface area contributed by atoms with Crippen molar-refractivity contribution in [1.82, 2.24) is 5.43 Å². The molecule has 1 heterocycles. The molecule has 1 rings (SSSR count). The highest BCUT2D eigenvalue weighted by Crippen LogP contribution is 1.56. The van der Waals surface area contributed by atoms with E-state index in [9.17, 15) is 0 Å². The van der Waals surface area contributed by atoms with Crippen molar-refractivity contribution in [2.24, 2.45) is 5.10 Å². The molecule has 4 heteroatoms. The summed E-state index contributed by atoms with van der Waals surface area (Å²) in [6.45, 7) is 2.67. The van der Waals surface area contributed by atoms with Crippen LogP contribution in [0, 0.1) is 0 Å². The van der Waals surface area contributed by atoms with Gasteiger partial charge in [0.15, 0.2) is 0 Å². The third-order valence-electron chi connectivity index (χ3n) is 0.129. The molecule has 0 aromatic rings. The molecule has 0 radical (unpaired) electrons. The average Bonchev–Trinajstić information content (AvgIpc) is 2.11. The lowest BCUT2D eigenvalue weighted by Crippen LogP contribution is -1.61. The number of hydrogen-bond donors (Lipinski definition) is 1. The molecule has 1 aliphatic heterocycles. The zero-order valence-electron chi connectivity index (χ0n) is 3.13. The number of hydrogen-bond acceptors (Lipinski definition) is 2. The van der Waals surface area contributed by atoms with Crippen molar-refractivity contribution in [2.45, 2.75) is 0 Å². The standard InChI is InChI=1S/2CH2N2/c1-2-3-1;1-3-2/h1H,(H,2,3);1H2. The zero-order chi connectivity index (χ0) is 4.83. The van der Waals surface area contributed by atoms with Crippen molar-refractivity contribution < 1.29 is 4.79 Å². The summed E-state index contributed by atoms with van der Waals surface area (Å²) in [7, 11) is 0. The SMILES string of the molecule is C1=NN1.C=[N+]=[N-]. The lowest BCUT2D eigenvalue weighted by molar-refractivity contribution is 0.0110. The van der Waals surface area contributed by atoms with Crippen LogP contribution in [0.15, 0.2) is 5.10 Å². The molecule has 1 aliphatic rings. The molecular formula is C2H4N4. The van der Waals surface area contributed by atoms with Crippen molar-refractivity contribution in [1.29, 1.82) is 0 Å². The van der Waals surface area contributed by atoms with Crippen LogP contribution in [0.1, 0.15) is 0 Å². The monoisotopic (exact) mass is 84.0 g/mol. The van der Waals surface area contributed by atoms with Crippen LogP contribution in [-0.4, -0.2) is 17.8 Å². The predicted octanol–water partition coefficient (Wildman–Crippen LogP) is -0.550. The van der Waals surface area contributed by atoms with E-state index in [1.807, 2.05) is 0 Å². The largest absolute Gasteiger partial charge is 0.362 e. The second-order valence-corrected chi connectivity index (χ2v) is 0.529. The highest BCUT2D eigenvalue weighted by molar-refractivity contribution is 5.64. The fourth-order valence-electron chi connectivity index (χ4n) is 0. The minimum atomic E-state index is 1.62. The van der Waals surface area contributed by atoms with E-state index in [1.54, 1.807) is 6.34 Å². The van der Waals surface area contributed by atoms with E-state index in [0.29, 0.717) is 0 Å². The zero-order valence-corrected chi connectivity index (χ0v) is 3.13. The smallest absolute Gasteiger partial charge is 0.245 e. The van der Waals surface area contributed by atoms with Gasteiger partial charge in [-0.25, -0.2) is 0 Å². The van der Waals surface area contributed by atoms with E-state index in [0.717, 1.165) is 0 Å². The summed E-state index contributed by atoms with van der Waals surface area (Å²) in [6, 6.07) is 0. The molecule has 0 aliphatic carbocycles. The van der Waals surface area contributed by atoms with Crippen LogP contribution in [0.4, 0.5) is 0 Å². The third kappa shape index (κ3) is 434. The van der Waals surface area contributed by atoms with Crippen molar-refractivity contribution in [2.75, 3.05) is 0 Å². The van der Waals surface area contributed by atoms with Gasteiger partial charge in [-0.15, -0.1) is 0 Å². The van der Waals surface area contributed by atoms with E-state index >= 15 is 0 Å². The summed E-state index contributed by atoms with van der Waals surface area (Å²) < 4.78 is 0. The van der Waals surface area contributed by atoms with Gasteiger partial charge >= 0.3 is 0 Å². The first-order chi connectivity index (χ1) is 2.91.